The zero-order valence-corrected chi connectivity index (χ0v) is 12.6. The van der Waals surface area contributed by atoms with Gasteiger partial charge in [0.2, 0.25) is 5.91 Å². The maximum atomic E-state index is 13.0. The van der Waals surface area contributed by atoms with Crippen molar-refractivity contribution >= 4 is 23.6 Å². The van der Waals surface area contributed by atoms with Crippen molar-refractivity contribution in [1.82, 2.24) is 15.1 Å². The highest BCUT2D eigenvalue weighted by Gasteiger charge is 2.12. The van der Waals surface area contributed by atoms with E-state index in [1.165, 1.54) is 22.9 Å². The second-order valence-corrected chi connectivity index (χ2v) is 4.88. The highest BCUT2D eigenvalue weighted by Crippen LogP contribution is 2.24. The molecule has 0 unspecified atom stereocenters. The number of carbonyl (C=O) groups excluding carboxylic acids is 1. The van der Waals surface area contributed by atoms with Crippen LogP contribution in [0.3, 0.4) is 0 Å². The third-order valence-electron chi connectivity index (χ3n) is 2.93. The molecule has 5 nitrogen and oxygen atoms in total. The number of carbonyl (C=O) groups is 1. The number of halogens is 2. The van der Waals surface area contributed by atoms with Gasteiger partial charge >= 0.3 is 0 Å². The molecule has 2 rings (SSSR count). The molecule has 0 aliphatic carbocycles. The maximum Gasteiger partial charge on any atom is 0.244 e. The molecule has 0 spiro atoms. The summed E-state index contributed by atoms with van der Waals surface area (Å²) >= 11 is 6.28. The topological polar surface area (TPSA) is 67.2 Å². The van der Waals surface area contributed by atoms with Crippen molar-refractivity contribution in [2.45, 2.75) is 6.92 Å². The van der Waals surface area contributed by atoms with Crippen LogP contribution in [0.15, 0.2) is 30.3 Å². The summed E-state index contributed by atoms with van der Waals surface area (Å²) < 4.78 is 14.4. The highest BCUT2D eigenvalue weighted by molar-refractivity contribution is 6.31. The number of amides is 1. The third kappa shape index (κ3) is 3.72. The quantitative estimate of drug-likeness (QED) is 0.828. The van der Waals surface area contributed by atoms with Crippen molar-refractivity contribution in [1.29, 1.82) is 0 Å². The van der Waals surface area contributed by atoms with Gasteiger partial charge in [-0.05, 0) is 37.3 Å². The summed E-state index contributed by atoms with van der Waals surface area (Å²) in [5.41, 5.74) is 1.87. The molecule has 2 N–H and O–H groups in total. The lowest BCUT2D eigenvalue weighted by Gasteiger charge is -2.02. The summed E-state index contributed by atoms with van der Waals surface area (Å²) in [5, 5.41) is 15.8. The van der Waals surface area contributed by atoms with Crippen LogP contribution in [-0.4, -0.2) is 33.9 Å². The van der Waals surface area contributed by atoms with Gasteiger partial charge in [-0.25, -0.2) is 9.07 Å². The number of hydrogen-bond donors (Lipinski definition) is 2. The molecule has 0 radical (unpaired) electrons. The molecule has 0 atom stereocenters. The fourth-order valence-corrected chi connectivity index (χ4v) is 2.19. The molecule has 0 saturated carbocycles. The molecule has 116 valence electrons. The Bertz CT molecular complexity index is 696. The van der Waals surface area contributed by atoms with E-state index in [0.29, 0.717) is 22.1 Å². The highest BCUT2D eigenvalue weighted by atomic mass is 35.5. The second kappa shape index (κ2) is 7.20. The van der Waals surface area contributed by atoms with Gasteiger partial charge in [0.05, 0.1) is 18.0 Å². The van der Waals surface area contributed by atoms with Gasteiger partial charge < -0.3 is 10.4 Å². The average molecular weight is 324 g/mol. The number of aryl methyl sites for hydroxylation is 1. The van der Waals surface area contributed by atoms with Crippen LogP contribution in [0.4, 0.5) is 4.39 Å². The zero-order valence-electron chi connectivity index (χ0n) is 11.9. The normalized spacial score (nSPS) is 11.1. The van der Waals surface area contributed by atoms with Gasteiger partial charge in [-0.3, -0.25) is 4.79 Å². The molecule has 0 aliphatic heterocycles. The molecule has 1 aromatic carbocycles. The van der Waals surface area contributed by atoms with Crippen molar-refractivity contribution in [3.05, 3.63) is 52.6 Å². The molecule has 2 aromatic rings. The standard InChI is InChI=1S/C15H15ClFN3O2/c1-10-13(6-7-14(22)18-8-9-21)15(16)20(19-10)12-4-2-11(17)3-5-12/h2-7,21H,8-9H2,1H3,(H,18,22)/b7-6+. The van der Waals surface area contributed by atoms with Crippen LogP contribution in [0, 0.1) is 12.7 Å². The minimum absolute atomic E-state index is 0.123. The van der Waals surface area contributed by atoms with E-state index in [9.17, 15) is 9.18 Å². The predicted octanol–water partition coefficient (Wildman–Crippen LogP) is 2.09. The minimum Gasteiger partial charge on any atom is -0.395 e. The van der Waals surface area contributed by atoms with Crippen LogP contribution in [0.5, 0.6) is 0 Å². The largest absolute Gasteiger partial charge is 0.395 e. The van der Waals surface area contributed by atoms with Crippen molar-refractivity contribution in [2.24, 2.45) is 0 Å². The first kappa shape index (κ1) is 16.2. The van der Waals surface area contributed by atoms with E-state index in [1.54, 1.807) is 25.1 Å². The number of benzene rings is 1. The molecule has 1 amide bonds. The Morgan fingerprint density at radius 1 is 1.45 bits per heavy atom. The lowest BCUT2D eigenvalue weighted by Crippen LogP contribution is -2.24. The lowest BCUT2D eigenvalue weighted by molar-refractivity contribution is -0.116. The Labute approximate surface area is 132 Å². The number of rotatable bonds is 5. The summed E-state index contributed by atoms with van der Waals surface area (Å²) in [7, 11) is 0. The molecule has 1 heterocycles. The van der Waals surface area contributed by atoms with Crippen LogP contribution >= 0.6 is 11.6 Å². The second-order valence-electron chi connectivity index (χ2n) is 4.53. The van der Waals surface area contributed by atoms with Gasteiger partial charge in [0, 0.05) is 18.2 Å². The number of nitrogens with one attached hydrogen (secondary N) is 1. The number of aliphatic hydroxyl groups excluding tert-OH is 1. The van der Waals surface area contributed by atoms with E-state index in [-0.39, 0.29) is 24.9 Å². The van der Waals surface area contributed by atoms with Crippen molar-refractivity contribution in [3.63, 3.8) is 0 Å². The Balaban J connectivity index is 2.25. The Hall–Kier alpha value is -2.18. The Morgan fingerprint density at radius 3 is 2.77 bits per heavy atom. The first-order valence-electron chi connectivity index (χ1n) is 6.60. The maximum absolute atomic E-state index is 13.0. The van der Waals surface area contributed by atoms with Crippen molar-refractivity contribution < 1.29 is 14.3 Å². The summed E-state index contributed by atoms with van der Waals surface area (Å²) in [6.07, 6.45) is 2.87. The molecular weight excluding hydrogens is 309 g/mol. The molecule has 22 heavy (non-hydrogen) atoms. The SMILES string of the molecule is Cc1nn(-c2ccc(F)cc2)c(Cl)c1/C=C/C(=O)NCCO. The first-order valence-corrected chi connectivity index (χ1v) is 6.98. The fraction of sp³-hybridized carbons (Fsp3) is 0.200. The van der Waals surface area contributed by atoms with E-state index < -0.39 is 0 Å². The van der Waals surface area contributed by atoms with Gasteiger partial charge in [0.1, 0.15) is 11.0 Å². The van der Waals surface area contributed by atoms with Crippen molar-refractivity contribution in [3.8, 4) is 5.69 Å². The van der Waals surface area contributed by atoms with Gasteiger partial charge in [-0.1, -0.05) is 11.6 Å². The van der Waals surface area contributed by atoms with E-state index in [2.05, 4.69) is 10.4 Å². The van der Waals surface area contributed by atoms with Crippen molar-refractivity contribution in [2.75, 3.05) is 13.2 Å². The number of nitrogens with zero attached hydrogens (tertiary/aromatic N) is 2. The van der Waals surface area contributed by atoms with Crippen LogP contribution in [0.1, 0.15) is 11.3 Å². The fourth-order valence-electron chi connectivity index (χ4n) is 1.85. The average Bonchev–Trinajstić information content (AvgIpc) is 2.78. The molecule has 1 aromatic heterocycles. The summed E-state index contributed by atoms with van der Waals surface area (Å²) in [5.74, 6) is -0.677. The minimum atomic E-state index is -0.343. The summed E-state index contributed by atoms with van der Waals surface area (Å²) in [6.45, 7) is 1.82. The van der Waals surface area contributed by atoms with E-state index in [1.807, 2.05) is 0 Å². The molecule has 7 heteroatoms. The number of aromatic nitrogens is 2. The molecule has 0 bridgehead atoms. The first-order chi connectivity index (χ1) is 10.5. The Kier molecular flexibility index (Phi) is 5.30. The molecular formula is C15H15ClFN3O2. The predicted molar refractivity (Wildman–Crippen MR) is 82.4 cm³/mol. The lowest BCUT2D eigenvalue weighted by atomic mass is 10.2. The monoisotopic (exact) mass is 323 g/mol. The number of hydrogen-bond acceptors (Lipinski definition) is 3. The third-order valence-corrected chi connectivity index (χ3v) is 3.30. The molecule has 0 saturated heterocycles. The number of aliphatic hydroxyl groups is 1. The van der Waals surface area contributed by atoms with E-state index in [4.69, 9.17) is 16.7 Å². The van der Waals surface area contributed by atoms with Crippen LogP contribution < -0.4 is 5.32 Å². The summed E-state index contributed by atoms with van der Waals surface area (Å²) in [6, 6.07) is 5.77. The van der Waals surface area contributed by atoms with Gasteiger partial charge in [0.25, 0.3) is 0 Å². The van der Waals surface area contributed by atoms with Gasteiger partial charge in [0.15, 0.2) is 0 Å². The van der Waals surface area contributed by atoms with Crippen LogP contribution in [0.2, 0.25) is 5.15 Å². The van der Waals surface area contributed by atoms with E-state index in [0.717, 1.165) is 0 Å². The molecule has 0 fully saturated rings. The Morgan fingerprint density at radius 2 is 2.14 bits per heavy atom. The van der Waals surface area contributed by atoms with Crippen LogP contribution in [-0.2, 0) is 4.79 Å². The van der Waals surface area contributed by atoms with Gasteiger partial charge in [-0.15, -0.1) is 0 Å². The van der Waals surface area contributed by atoms with E-state index >= 15 is 0 Å². The summed E-state index contributed by atoms with van der Waals surface area (Å²) in [4.78, 5) is 11.5. The molecule has 0 aliphatic rings. The zero-order chi connectivity index (χ0) is 16.1. The van der Waals surface area contributed by atoms with Gasteiger partial charge in [-0.2, -0.15) is 5.10 Å². The smallest absolute Gasteiger partial charge is 0.244 e. The van der Waals surface area contributed by atoms with Crippen LogP contribution in [0.25, 0.3) is 11.8 Å².